The van der Waals surface area contributed by atoms with Crippen molar-refractivity contribution in [3.63, 3.8) is 0 Å². The van der Waals surface area contributed by atoms with E-state index in [0.717, 1.165) is 32.0 Å². The van der Waals surface area contributed by atoms with Gasteiger partial charge in [-0.05, 0) is 19.3 Å². The van der Waals surface area contributed by atoms with Crippen molar-refractivity contribution in [3.05, 3.63) is 0 Å². The van der Waals surface area contributed by atoms with Crippen LogP contribution in [0.5, 0.6) is 0 Å². The normalized spacial score (nSPS) is 31.5. The van der Waals surface area contributed by atoms with E-state index in [1.807, 2.05) is 0 Å². The molecule has 0 aromatic heterocycles. The molecule has 0 radical (unpaired) electrons. The highest BCUT2D eigenvalue weighted by molar-refractivity contribution is 5.82. The highest BCUT2D eigenvalue weighted by atomic mass is 16.4. The van der Waals surface area contributed by atoms with Gasteiger partial charge < -0.3 is 15.7 Å². The number of oxime groups is 1. The van der Waals surface area contributed by atoms with Gasteiger partial charge in [0.2, 0.25) is 0 Å². The molecule has 1 unspecified atom stereocenters. The van der Waals surface area contributed by atoms with Crippen molar-refractivity contribution in [1.29, 1.82) is 0 Å². The van der Waals surface area contributed by atoms with Crippen LogP contribution in [-0.2, 0) is 4.79 Å². The standard InChI is InChI=1S/C8H14N2O2/c9-8(10-12)7-3-1-2-6(4-7)5-11/h5-7,12H,1-4H2,(H2,9,10)/t6?,7-/m0/s1. The van der Waals surface area contributed by atoms with Gasteiger partial charge in [-0.25, -0.2) is 0 Å². The summed E-state index contributed by atoms with van der Waals surface area (Å²) in [5.74, 6) is 0.463. The van der Waals surface area contributed by atoms with Gasteiger partial charge in [-0.3, -0.25) is 0 Å². The second-order valence-corrected chi connectivity index (χ2v) is 3.28. The van der Waals surface area contributed by atoms with E-state index in [1.165, 1.54) is 0 Å². The average Bonchev–Trinajstić information content (AvgIpc) is 2.17. The van der Waals surface area contributed by atoms with Crippen LogP contribution in [0.15, 0.2) is 5.16 Å². The number of hydrogen-bond acceptors (Lipinski definition) is 3. The molecule has 0 aromatic rings. The Bertz CT molecular complexity index is 191. The number of carbonyl (C=O) groups excluding carboxylic acids is 1. The zero-order valence-corrected chi connectivity index (χ0v) is 6.94. The molecule has 3 N–H and O–H groups in total. The van der Waals surface area contributed by atoms with Crippen LogP contribution in [0.25, 0.3) is 0 Å². The summed E-state index contributed by atoms with van der Waals surface area (Å²) in [5, 5.41) is 11.4. The van der Waals surface area contributed by atoms with Crippen LogP contribution in [-0.4, -0.2) is 17.3 Å². The Kier molecular flexibility index (Phi) is 3.08. The number of rotatable bonds is 2. The third kappa shape index (κ3) is 1.96. The smallest absolute Gasteiger partial charge is 0.142 e. The van der Waals surface area contributed by atoms with Gasteiger partial charge in [-0.15, -0.1) is 0 Å². The van der Waals surface area contributed by atoms with Crippen LogP contribution in [0.2, 0.25) is 0 Å². The molecular formula is C8H14N2O2. The number of amidine groups is 1. The van der Waals surface area contributed by atoms with Gasteiger partial charge in [-0.1, -0.05) is 11.6 Å². The predicted octanol–water partition coefficient (Wildman–Crippen LogP) is 0.738. The van der Waals surface area contributed by atoms with Crippen molar-refractivity contribution in [2.75, 3.05) is 0 Å². The van der Waals surface area contributed by atoms with Crippen LogP contribution < -0.4 is 5.73 Å². The minimum atomic E-state index is 0.0962. The Morgan fingerprint density at radius 1 is 1.58 bits per heavy atom. The molecule has 0 aromatic carbocycles. The van der Waals surface area contributed by atoms with Crippen molar-refractivity contribution in [3.8, 4) is 0 Å². The van der Waals surface area contributed by atoms with Crippen LogP contribution in [0.1, 0.15) is 25.7 Å². The zero-order chi connectivity index (χ0) is 8.97. The Morgan fingerprint density at radius 2 is 2.33 bits per heavy atom. The predicted molar refractivity (Wildman–Crippen MR) is 44.9 cm³/mol. The maximum Gasteiger partial charge on any atom is 0.142 e. The summed E-state index contributed by atoms with van der Waals surface area (Å²) in [6, 6.07) is 0. The third-order valence-electron chi connectivity index (χ3n) is 2.44. The first-order chi connectivity index (χ1) is 5.77. The molecule has 0 spiro atoms. The first-order valence-electron chi connectivity index (χ1n) is 4.20. The second-order valence-electron chi connectivity index (χ2n) is 3.28. The molecule has 2 atom stereocenters. The molecule has 4 heteroatoms. The molecule has 68 valence electrons. The molecule has 0 saturated heterocycles. The maximum atomic E-state index is 10.5. The summed E-state index contributed by atoms with van der Waals surface area (Å²) in [6.07, 6.45) is 4.57. The lowest BCUT2D eigenvalue weighted by Gasteiger charge is -2.24. The molecule has 0 aliphatic heterocycles. The number of nitrogens with two attached hydrogens (primary N) is 1. The minimum absolute atomic E-state index is 0.0962. The van der Waals surface area contributed by atoms with Crippen molar-refractivity contribution < 1.29 is 10.0 Å². The summed E-state index contributed by atoms with van der Waals surface area (Å²) in [4.78, 5) is 10.5. The largest absolute Gasteiger partial charge is 0.409 e. The Hall–Kier alpha value is -1.06. The van der Waals surface area contributed by atoms with Gasteiger partial charge in [0.15, 0.2) is 0 Å². The summed E-state index contributed by atoms with van der Waals surface area (Å²) in [6.45, 7) is 0. The fourth-order valence-corrected chi connectivity index (χ4v) is 1.70. The molecule has 0 amide bonds. The lowest BCUT2D eigenvalue weighted by Crippen LogP contribution is -2.29. The van der Waals surface area contributed by atoms with E-state index in [0.29, 0.717) is 0 Å². The number of aldehydes is 1. The summed E-state index contributed by atoms with van der Waals surface area (Å²) in [7, 11) is 0. The second kappa shape index (κ2) is 4.09. The van der Waals surface area contributed by atoms with Crippen LogP contribution >= 0.6 is 0 Å². The van der Waals surface area contributed by atoms with Crippen molar-refractivity contribution in [1.82, 2.24) is 0 Å². The van der Waals surface area contributed by atoms with E-state index >= 15 is 0 Å². The van der Waals surface area contributed by atoms with Gasteiger partial charge in [0.25, 0.3) is 0 Å². The SMILES string of the molecule is N/C(=N\O)[C@H]1CCCC(C=O)C1. The van der Waals surface area contributed by atoms with Crippen molar-refractivity contribution >= 4 is 12.1 Å². The Labute approximate surface area is 71.4 Å². The summed E-state index contributed by atoms with van der Waals surface area (Å²) < 4.78 is 0. The topological polar surface area (TPSA) is 75.7 Å². The van der Waals surface area contributed by atoms with Crippen molar-refractivity contribution in [2.45, 2.75) is 25.7 Å². The fourth-order valence-electron chi connectivity index (χ4n) is 1.70. The van der Waals surface area contributed by atoms with Gasteiger partial charge in [0.05, 0.1) is 0 Å². The van der Waals surface area contributed by atoms with E-state index in [9.17, 15) is 4.79 Å². The number of carbonyl (C=O) groups is 1. The zero-order valence-electron chi connectivity index (χ0n) is 6.94. The fraction of sp³-hybridized carbons (Fsp3) is 0.750. The number of nitrogens with zero attached hydrogens (tertiary/aromatic N) is 1. The monoisotopic (exact) mass is 170 g/mol. The van der Waals surface area contributed by atoms with E-state index in [1.54, 1.807) is 0 Å². The van der Waals surface area contributed by atoms with Crippen LogP contribution in [0.4, 0.5) is 0 Å². The summed E-state index contributed by atoms with van der Waals surface area (Å²) in [5.41, 5.74) is 5.45. The summed E-state index contributed by atoms with van der Waals surface area (Å²) >= 11 is 0. The maximum absolute atomic E-state index is 10.5. The quantitative estimate of drug-likeness (QED) is 0.211. The highest BCUT2D eigenvalue weighted by Crippen LogP contribution is 2.27. The van der Waals surface area contributed by atoms with Gasteiger partial charge in [0, 0.05) is 11.8 Å². The van der Waals surface area contributed by atoms with Gasteiger partial charge in [-0.2, -0.15) is 0 Å². The Balaban J connectivity index is 2.51. The van der Waals surface area contributed by atoms with E-state index < -0.39 is 0 Å². The molecule has 1 rings (SSSR count). The molecule has 1 aliphatic carbocycles. The lowest BCUT2D eigenvalue weighted by atomic mass is 9.82. The first-order valence-corrected chi connectivity index (χ1v) is 4.20. The van der Waals surface area contributed by atoms with Crippen LogP contribution in [0.3, 0.4) is 0 Å². The number of hydrogen-bond donors (Lipinski definition) is 2. The third-order valence-corrected chi connectivity index (χ3v) is 2.44. The lowest BCUT2D eigenvalue weighted by molar-refractivity contribution is -0.112. The molecular weight excluding hydrogens is 156 g/mol. The minimum Gasteiger partial charge on any atom is -0.409 e. The average molecular weight is 170 g/mol. The van der Waals surface area contributed by atoms with Crippen LogP contribution in [0, 0.1) is 11.8 Å². The molecule has 0 heterocycles. The van der Waals surface area contributed by atoms with Gasteiger partial charge in [0.1, 0.15) is 12.1 Å². The molecule has 1 saturated carbocycles. The van der Waals surface area contributed by atoms with E-state index in [-0.39, 0.29) is 17.7 Å². The first kappa shape index (κ1) is 9.03. The van der Waals surface area contributed by atoms with E-state index in [4.69, 9.17) is 10.9 Å². The van der Waals surface area contributed by atoms with E-state index in [2.05, 4.69) is 5.16 Å². The molecule has 1 fully saturated rings. The Morgan fingerprint density at radius 3 is 2.92 bits per heavy atom. The molecule has 0 bridgehead atoms. The molecule has 1 aliphatic rings. The van der Waals surface area contributed by atoms with Crippen molar-refractivity contribution in [2.24, 2.45) is 22.7 Å². The van der Waals surface area contributed by atoms with Gasteiger partial charge >= 0.3 is 0 Å². The molecule has 4 nitrogen and oxygen atoms in total. The molecule has 12 heavy (non-hydrogen) atoms. The highest BCUT2D eigenvalue weighted by Gasteiger charge is 2.24.